The molecule has 0 spiro atoms. The van der Waals surface area contributed by atoms with Crippen molar-refractivity contribution in [2.45, 2.75) is 26.2 Å². The number of benzene rings is 1. The molecule has 1 saturated heterocycles. The molecule has 6 heteroatoms. The van der Waals surface area contributed by atoms with Crippen molar-refractivity contribution in [1.29, 1.82) is 0 Å². The number of hydrogen-bond acceptors (Lipinski definition) is 4. The van der Waals surface area contributed by atoms with Crippen LogP contribution in [0.15, 0.2) is 35.3 Å². The van der Waals surface area contributed by atoms with Crippen LogP contribution in [0.5, 0.6) is 5.75 Å². The van der Waals surface area contributed by atoms with E-state index in [-0.39, 0.29) is 18.0 Å². The van der Waals surface area contributed by atoms with Gasteiger partial charge in [-0.2, -0.15) is 4.99 Å². The van der Waals surface area contributed by atoms with Crippen LogP contribution in [-0.2, 0) is 9.53 Å². The maximum Gasteiger partial charge on any atom is 0.440 e. The summed E-state index contributed by atoms with van der Waals surface area (Å²) in [6.45, 7) is 3.03. The topological polar surface area (TPSA) is 91.0 Å². The lowest BCUT2D eigenvalue weighted by molar-refractivity contribution is -0.131. The largest absolute Gasteiger partial charge is 0.440 e. The van der Waals surface area contributed by atoms with Gasteiger partial charge in [0.05, 0.1) is 6.42 Å². The van der Waals surface area contributed by atoms with Gasteiger partial charge in [-0.1, -0.05) is 25.1 Å². The quantitative estimate of drug-likeness (QED) is 0.681. The summed E-state index contributed by atoms with van der Waals surface area (Å²) in [5.41, 5.74) is 5.24. The molecule has 0 aromatic heterocycles. The SMILES string of the molecule is CC1(C(=O)CC(N)=NC(=O)Oc2ccccc2)CCOCC1. The molecule has 2 N–H and O–H groups in total. The first-order valence-corrected chi connectivity index (χ1v) is 7.20. The highest BCUT2D eigenvalue weighted by molar-refractivity contribution is 6.05. The number of nitrogens with zero attached hydrogens (tertiary/aromatic N) is 1. The Morgan fingerprint density at radius 2 is 1.91 bits per heavy atom. The Balaban J connectivity index is 1.91. The van der Waals surface area contributed by atoms with Crippen LogP contribution in [0.25, 0.3) is 0 Å². The second-order valence-electron chi connectivity index (χ2n) is 5.56. The van der Waals surface area contributed by atoms with Crippen molar-refractivity contribution in [2.24, 2.45) is 16.1 Å². The normalized spacial score (nSPS) is 17.8. The number of amides is 1. The second-order valence-corrected chi connectivity index (χ2v) is 5.56. The van der Waals surface area contributed by atoms with Crippen LogP contribution in [0.2, 0.25) is 0 Å². The van der Waals surface area contributed by atoms with E-state index in [2.05, 4.69) is 4.99 Å². The minimum absolute atomic E-state index is 0.0236. The molecular formula is C16H20N2O4. The number of carbonyl (C=O) groups excluding carboxylic acids is 2. The summed E-state index contributed by atoms with van der Waals surface area (Å²) in [6.07, 6.45) is 0.440. The lowest BCUT2D eigenvalue weighted by atomic mass is 9.77. The number of Topliss-reactive ketones (excluding diaryl/α,β-unsaturated/α-hetero) is 1. The van der Waals surface area contributed by atoms with Crippen LogP contribution in [-0.4, -0.2) is 30.9 Å². The minimum atomic E-state index is -0.825. The number of rotatable bonds is 4. The van der Waals surface area contributed by atoms with Crippen molar-refractivity contribution in [1.82, 2.24) is 0 Å². The number of nitrogens with two attached hydrogens (primary N) is 1. The number of ketones is 1. The maximum absolute atomic E-state index is 12.3. The van der Waals surface area contributed by atoms with E-state index < -0.39 is 11.5 Å². The molecule has 118 valence electrons. The van der Waals surface area contributed by atoms with Gasteiger partial charge in [0.25, 0.3) is 0 Å². The highest BCUT2D eigenvalue weighted by atomic mass is 16.5. The van der Waals surface area contributed by atoms with E-state index in [0.29, 0.717) is 31.8 Å². The van der Waals surface area contributed by atoms with Crippen LogP contribution in [0.3, 0.4) is 0 Å². The van der Waals surface area contributed by atoms with E-state index >= 15 is 0 Å². The van der Waals surface area contributed by atoms with E-state index in [1.165, 1.54) is 0 Å². The lowest BCUT2D eigenvalue weighted by Gasteiger charge is -2.31. The van der Waals surface area contributed by atoms with Gasteiger partial charge in [-0.05, 0) is 25.0 Å². The molecule has 2 rings (SSSR count). The first-order valence-electron chi connectivity index (χ1n) is 7.20. The maximum atomic E-state index is 12.3. The van der Waals surface area contributed by atoms with Crippen LogP contribution < -0.4 is 10.5 Å². The number of hydrogen-bond donors (Lipinski definition) is 1. The molecule has 0 radical (unpaired) electrons. The summed E-state index contributed by atoms with van der Waals surface area (Å²) < 4.78 is 10.3. The zero-order valence-corrected chi connectivity index (χ0v) is 12.6. The molecule has 1 amide bonds. The van der Waals surface area contributed by atoms with Crippen molar-refractivity contribution >= 4 is 17.7 Å². The first kappa shape index (κ1) is 16.2. The van der Waals surface area contributed by atoms with Crippen molar-refractivity contribution in [3.63, 3.8) is 0 Å². The molecule has 0 unspecified atom stereocenters. The van der Waals surface area contributed by atoms with Gasteiger partial charge in [-0.15, -0.1) is 0 Å². The van der Waals surface area contributed by atoms with Gasteiger partial charge in [0.2, 0.25) is 0 Å². The lowest BCUT2D eigenvalue weighted by Crippen LogP contribution is -2.37. The van der Waals surface area contributed by atoms with Gasteiger partial charge >= 0.3 is 6.09 Å². The Morgan fingerprint density at radius 3 is 2.55 bits per heavy atom. The number of ether oxygens (including phenoxy) is 2. The van der Waals surface area contributed by atoms with Crippen LogP contribution >= 0.6 is 0 Å². The predicted molar refractivity (Wildman–Crippen MR) is 81.9 cm³/mol. The molecule has 0 bridgehead atoms. The summed E-state index contributed by atoms with van der Waals surface area (Å²) in [4.78, 5) is 27.6. The van der Waals surface area contributed by atoms with Gasteiger partial charge in [-0.25, -0.2) is 4.79 Å². The molecule has 22 heavy (non-hydrogen) atoms. The highest BCUT2D eigenvalue weighted by Gasteiger charge is 2.35. The zero-order valence-electron chi connectivity index (χ0n) is 12.6. The number of aliphatic imine (C=N–C) groups is 1. The zero-order chi connectivity index (χ0) is 16.0. The van der Waals surface area contributed by atoms with E-state index in [1.807, 2.05) is 13.0 Å². The standard InChI is InChI=1S/C16H20N2O4/c1-16(7-9-21-10-8-16)13(19)11-14(17)18-15(20)22-12-5-3-2-4-6-12/h2-6H,7-11H2,1H3,(H2,17,18,20). The fourth-order valence-electron chi connectivity index (χ4n) is 2.25. The smallest absolute Gasteiger partial charge is 0.409 e. The van der Waals surface area contributed by atoms with Crippen LogP contribution in [0.4, 0.5) is 4.79 Å². The fraction of sp³-hybridized carbons (Fsp3) is 0.438. The fourth-order valence-corrected chi connectivity index (χ4v) is 2.25. The Morgan fingerprint density at radius 1 is 1.27 bits per heavy atom. The molecule has 1 aliphatic rings. The summed E-state index contributed by atoms with van der Waals surface area (Å²) in [7, 11) is 0. The minimum Gasteiger partial charge on any atom is -0.409 e. The van der Waals surface area contributed by atoms with Crippen LogP contribution in [0, 0.1) is 5.41 Å². The van der Waals surface area contributed by atoms with Crippen LogP contribution in [0.1, 0.15) is 26.2 Å². The average molecular weight is 304 g/mol. The molecule has 0 saturated carbocycles. The Hall–Kier alpha value is -2.21. The van der Waals surface area contributed by atoms with Gasteiger partial charge in [0, 0.05) is 18.6 Å². The third-order valence-electron chi connectivity index (χ3n) is 3.79. The Labute approximate surface area is 129 Å². The highest BCUT2D eigenvalue weighted by Crippen LogP contribution is 2.31. The Kier molecular flexibility index (Phi) is 5.27. The number of carbonyl (C=O) groups is 2. The molecule has 1 heterocycles. The van der Waals surface area contributed by atoms with Crippen molar-refractivity contribution in [2.75, 3.05) is 13.2 Å². The van der Waals surface area contributed by atoms with E-state index in [9.17, 15) is 9.59 Å². The van der Waals surface area contributed by atoms with E-state index in [0.717, 1.165) is 0 Å². The van der Waals surface area contributed by atoms with E-state index in [4.69, 9.17) is 15.2 Å². The average Bonchev–Trinajstić information content (AvgIpc) is 2.48. The van der Waals surface area contributed by atoms with E-state index in [1.54, 1.807) is 24.3 Å². The third kappa shape index (κ3) is 4.39. The van der Waals surface area contributed by atoms with Crippen molar-refractivity contribution in [3.8, 4) is 5.75 Å². The van der Waals surface area contributed by atoms with Gasteiger partial charge in [-0.3, -0.25) is 4.79 Å². The summed E-state index contributed by atoms with van der Waals surface area (Å²) in [5, 5.41) is 0. The third-order valence-corrected chi connectivity index (χ3v) is 3.79. The molecule has 1 fully saturated rings. The molecule has 1 aliphatic heterocycles. The second kappa shape index (κ2) is 7.17. The van der Waals surface area contributed by atoms with Gasteiger partial charge in [0.1, 0.15) is 17.4 Å². The van der Waals surface area contributed by atoms with Crippen molar-refractivity contribution < 1.29 is 19.1 Å². The molecular weight excluding hydrogens is 284 g/mol. The molecule has 0 aliphatic carbocycles. The summed E-state index contributed by atoms with van der Waals surface area (Å²) in [5.74, 6) is 0.329. The first-order chi connectivity index (χ1) is 10.5. The van der Waals surface area contributed by atoms with Crippen molar-refractivity contribution in [3.05, 3.63) is 30.3 Å². The molecule has 1 aromatic carbocycles. The van der Waals surface area contributed by atoms with Gasteiger partial charge in [0.15, 0.2) is 0 Å². The Bertz CT molecular complexity index is 563. The number of amidine groups is 1. The summed E-state index contributed by atoms with van der Waals surface area (Å²) >= 11 is 0. The van der Waals surface area contributed by atoms with Gasteiger partial charge < -0.3 is 15.2 Å². The molecule has 6 nitrogen and oxygen atoms in total. The number of para-hydroxylation sites is 1. The molecule has 1 aromatic rings. The molecule has 0 atom stereocenters. The summed E-state index contributed by atoms with van der Waals surface area (Å²) in [6, 6.07) is 8.56. The predicted octanol–water partition coefficient (Wildman–Crippen LogP) is 2.32. The monoisotopic (exact) mass is 304 g/mol.